The molecule has 1 rings (SSSR count). The fourth-order valence-corrected chi connectivity index (χ4v) is 1.20. The molecule has 0 amide bonds. The predicted molar refractivity (Wildman–Crippen MR) is 49.0 cm³/mol. The molecule has 4 nitrogen and oxygen atoms in total. The molecule has 0 aliphatic carbocycles. The standard InChI is InChI=1S/C8H15N3O/c1-4-10(5-2)11-7-6-9(3)8(11)12/h6-7H,4-5H2,1-3H3. The van der Waals surface area contributed by atoms with Gasteiger partial charge in [0.25, 0.3) is 0 Å². The summed E-state index contributed by atoms with van der Waals surface area (Å²) < 4.78 is 3.21. The maximum atomic E-state index is 11.4. The van der Waals surface area contributed by atoms with Gasteiger partial charge in [0.15, 0.2) is 0 Å². The van der Waals surface area contributed by atoms with Crippen LogP contribution in [0, 0.1) is 0 Å². The SMILES string of the molecule is CCN(CC)n1ccn(C)c1=O. The van der Waals surface area contributed by atoms with Gasteiger partial charge in [-0.2, -0.15) is 0 Å². The first-order valence-corrected chi connectivity index (χ1v) is 4.19. The highest BCUT2D eigenvalue weighted by Gasteiger charge is 2.03. The topological polar surface area (TPSA) is 30.2 Å². The summed E-state index contributed by atoms with van der Waals surface area (Å²) in [7, 11) is 1.75. The quantitative estimate of drug-likeness (QED) is 0.645. The number of imidazole rings is 1. The first-order valence-electron chi connectivity index (χ1n) is 4.19. The van der Waals surface area contributed by atoms with E-state index >= 15 is 0 Å². The number of aromatic nitrogens is 2. The molecule has 1 aromatic heterocycles. The Kier molecular flexibility index (Phi) is 2.58. The van der Waals surface area contributed by atoms with E-state index in [1.54, 1.807) is 28.7 Å². The summed E-state index contributed by atoms with van der Waals surface area (Å²) in [5, 5.41) is 1.97. The Balaban J connectivity index is 3.01. The zero-order chi connectivity index (χ0) is 9.14. The molecule has 0 aliphatic heterocycles. The minimum Gasteiger partial charge on any atom is -0.309 e. The van der Waals surface area contributed by atoms with Crippen molar-refractivity contribution in [3.8, 4) is 0 Å². The van der Waals surface area contributed by atoms with Crippen molar-refractivity contribution in [3.05, 3.63) is 22.9 Å². The van der Waals surface area contributed by atoms with Gasteiger partial charge in [0.05, 0.1) is 0 Å². The Bertz CT molecular complexity index is 295. The number of nitrogens with zero attached hydrogens (tertiary/aromatic N) is 3. The van der Waals surface area contributed by atoms with Gasteiger partial charge in [0.2, 0.25) is 0 Å². The smallest absolute Gasteiger partial charge is 0.309 e. The molecule has 12 heavy (non-hydrogen) atoms. The van der Waals surface area contributed by atoms with Crippen molar-refractivity contribution in [3.63, 3.8) is 0 Å². The van der Waals surface area contributed by atoms with Crippen LogP contribution in [0.3, 0.4) is 0 Å². The lowest BCUT2D eigenvalue weighted by molar-refractivity contribution is 0.588. The van der Waals surface area contributed by atoms with E-state index in [0.29, 0.717) is 0 Å². The third-order valence-corrected chi connectivity index (χ3v) is 1.96. The van der Waals surface area contributed by atoms with Crippen LogP contribution in [0.2, 0.25) is 0 Å². The van der Waals surface area contributed by atoms with E-state index in [4.69, 9.17) is 0 Å². The van der Waals surface area contributed by atoms with Gasteiger partial charge in [-0.1, -0.05) is 0 Å². The number of rotatable bonds is 3. The van der Waals surface area contributed by atoms with Crippen LogP contribution in [-0.2, 0) is 7.05 Å². The van der Waals surface area contributed by atoms with Crippen molar-refractivity contribution >= 4 is 0 Å². The van der Waals surface area contributed by atoms with Crippen LogP contribution in [0.25, 0.3) is 0 Å². The fraction of sp³-hybridized carbons (Fsp3) is 0.625. The van der Waals surface area contributed by atoms with Gasteiger partial charge in [-0.3, -0.25) is 0 Å². The van der Waals surface area contributed by atoms with Crippen molar-refractivity contribution in [2.24, 2.45) is 7.05 Å². The molecule has 0 saturated heterocycles. The Hall–Kier alpha value is -1.19. The second-order valence-corrected chi connectivity index (χ2v) is 2.68. The number of hydrogen-bond acceptors (Lipinski definition) is 2. The summed E-state index contributed by atoms with van der Waals surface area (Å²) in [6, 6.07) is 0. The van der Waals surface area contributed by atoms with Gasteiger partial charge in [0, 0.05) is 32.5 Å². The molecule has 0 saturated carbocycles. The van der Waals surface area contributed by atoms with E-state index < -0.39 is 0 Å². The lowest BCUT2D eigenvalue weighted by Crippen LogP contribution is -2.41. The molecule has 0 N–H and O–H groups in total. The van der Waals surface area contributed by atoms with Crippen LogP contribution in [0.1, 0.15) is 13.8 Å². The van der Waals surface area contributed by atoms with E-state index in [9.17, 15) is 4.79 Å². The van der Waals surface area contributed by atoms with Crippen LogP contribution >= 0.6 is 0 Å². The van der Waals surface area contributed by atoms with Gasteiger partial charge in [0.1, 0.15) is 0 Å². The largest absolute Gasteiger partial charge is 0.346 e. The third kappa shape index (κ3) is 1.37. The van der Waals surface area contributed by atoms with Crippen LogP contribution in [0.4, 0.5) is 0 Å². The van der Waals surface area contributed by atoms with Crippen molar-refractivity contribution in [1.29, 1.82) is 0 Å². The van der Waals surface area contributed by atoms with Gasteiger partial charge >= 0.3 is 5.69 Å². The van der Waals surface area contributed by atoms with E-state index in [1.165, 1.54) is 0 Å². The van der Waals surface area contributed by atoms with Crippen LogP contribution in [0.15, 0.2) is 17.2 Å². The highest BCUT2D eigenvalue weighted by Crippen LogP contribution is 1.86. The van der Waals surface area contributed by atoms with E-state index in [-0.39, 0.29) is 5.69 Å². The van der Waals surface area contributed by atoms with Crippen LogP contribution in [-0.4, -0.2) is 22.3 Å². The predicted octanol–water partition coefficient (Wildman–Crippen LogP) is 0.165. The monoisotopic (exact) mass is 169 g/mol. The summed E-state index contributed by atoms with van der Waals surface area (Å²) in [5.74, 6) is 0. The second kappa shape index (κ2) is 3.47. The fourth-order valence-electron chi connectivity index (χ4n) is 1.20. The van der Waals surface area contributed by atoms with Gasteiger partial charge in [-0.15, -0.1) is 0 Å². The van der Waals surface area contributed by atoms with E-state index in [0.717, 1.165) is 13.1 Å². The normalized spacial score (nSPS) is 10.2. The van der Waals surface area contributed by atoms with E-state index in [2.05, 4.69) is 0 Å². The zero-order valence-electron chi connectivity index (χ0n) is 7.82. The highest BCUT2D eigenvalue weighted by molar-refractivity contribution is 4.89. The van der Waals surface area contributed by atoms with Crippen molar-refractivity contribution in [2.75, 3.05) is 18.1 Å². The minimum atomic E-state index is 0.0127. The molecule has 0 radical (unpaired) electrons. The Morgan fingerprint density at radius 2 is 1.92 bits per heavy atom. The molecule has 0 spiro atoms. The Morgan fingerprint density at radius 1 is 1.33 bits per heavy atom. The molecule has 68 valence electrons. The summed E-state index contributed by atoms with van der Waals surface area (Å²) in [5.41, 5.74) is 0.0127. The first-order chi connectivity index (χ1) is 5.70. The Labute approximate surface area is 72.0 Å². The summed E-state index contributed by atoms with van der Waals surface area (Å²) in [6.45, 7) is 5.76. The van der Waals surface area contributed by atoms with E-state index in [1.807, 2.05) is 18.9 Å². The second-order valence-electron chi connectivity index (χ2n) is 2.68. The average molecular weight is 169 g/mol. The first kappa shape index (κ1) is 8.90. The van der Waals surface area contributed by atoms with Gasteiger partial charge < -0.3 is 9.58 Å². The van der Waals surface area contributed by atoms with Crippen molar-refractivity contribution < 1.29 is 0 Å². The molecular formula is C8H15N3O. The molecule has 0 atom stereocenters. The lowest BCUT2D eigenvalue weighted by atomic mass is 10.6. The van der Waals surface area contributed by atoms with Crippen molar-refractivity contribution in [1.82, 2.24) is 9.24 Å². The molecule has 1 heterocycles. The average Bonchev–Trinajstić information content (AvgIpc) is 2.38. The molecule has 1 aromatic rings. The third-order valence-electron chi connectivity index (χ3n) is 1.96. The molecule has 0 aliphatic rings. The molecule has 0 unspecified atom stereocenters. The Morgan fingerprint density at radius 3 is 2.25 bits per heavy atom. The molecular weight excluding hydrogens is 154 g/mol. The maximum Gasteiger partial charge on any atom is 0.346 e. The summed E-state index contributed by atoms with van der Waals surface area (Å²) >= 11 is 0. The van der Waals surface area contributed by atoms with Crippen molar-refractivity contribution in [2.45, 2.75) is 13.8 Å². The van der Waals surface area contributed by atoms with Gasteiger partial charge in [-0.25, -0.2) is 9.47 Å². The molecule has 0 aromatic carbocycles. The lowest BCUT2D eigenvalue weighted by Gasteiger charge is -2.20. The zero-order valence-corrected chi connectivity index (χ0v) is 7.82. The minimum absolute atomic E-state index is 0.0127. The van der Waals surface area contributed by atoms with Crippen LogP contribution < -0.4 is 10.7 Å². The number of hydrogen-bond donors (Lipinski definition) is 0. The highest BCUT2D eigenvalue weighted by atomic mass is 16.2. The summed E-state index contributed by atoms with van der Waals surface area (Å²) in [6.07, 6.45) is 3.55. The molecule has 0 fully saturated rings. The number of aryl methyl sites for hydroxylation is 1. The molecule has 0 bridgehead atoms. The van der Waals surface area contributed by atoms with Crippen LogP contribution in [0.5, 0.6) is 0 Å². The maximum absolute atomic E-state index is 11.4. The molecule has 4 heteroatoms. The summed E-state index contributed by atoms with van der Waals surface area (Å²) in [4.78, 5) is 11.4. The van der Waals surface area contributed by atoms with Gasteiger partial charge in [-0.05, 0) is 13.8 Å².